The first-order valence-electron chi connectivity index (χ1n) is 10.5. The maximum atomic E-state index is 11.7. The van der Waals surface area contributed by atoms with E-state index in [1.807, 2.05) is 31.3 Å². The Hall–Kier alpha value is -1.26. The van der Waals surface area contributed by atoms with Crippen LogP contribution in [-0.4, -0.2) is 80.6 Å². The van der Waals surface area contributed by atoms with Crippen LogP contribution in [0.2, 0.25) is 5.02 Å². The van der Waals surface area contributed by atoms with E-state index in [1.165, 1.54) is 0 Å². The lowest BCUT2D eigenvalue weighted by Crippen LogP contribution is -2.53. The molecule has 3 rings (SSSR count). The highest BCUT2D eigenvalue weighted by Gasteiger charge is 2.23. The molecule has 1 saturated carbocycles. The molecule has 0 aromatic heterocycles. The molecule has 7 nitrogen and oxygen atoms in total. The van der Waals surface area contributed by atoms with Gasteiger partial charge in [-0.2, -0.15) is 0 Å². The van der Waals surface area contributed by atoms with Gasteiger partial charge in [-0.3, -0.25) is 14.7 Å². The van der Waals surface area contributed by atoms with Crippen molar-refractivity contribution in [3.8, 4) is 5.75 Å². The van der Waals surface area contributed by atoms with E-state index < -0.39 is 0 Å². The second kappa shape index (κ2) is 13.2. The highest BCUT2D eigenvalue weighted by atomic mass is 127. The highest BCUT2D eigenvalue weighted by molar-refractivity contribution is 14.0. The van der Waals surface area contributed by atoms with Gasteiger partial charge in [0.15, 0.2) is 5.96 Å². The molecule has 30 heavy (non-hydrogen) atoms. The molecule has 1 aliphatic carbocycles. The van der Waals surface area contributed by atoms with Crippen molar-refractivity contribution in [1.29, 1.82) is 0 Å². The van der Waals surface area contributed by atoms with Crippen molar-refractivity contribution < 1.29 is 9.53 Å². The van der Waals surface area contributed by atoms with E-state index in [1.54, 1.807) is 0 Å². The number of amides is 1. The second-order valence-corrected chi connectivity index (χ2v) is 7.99. The molecule has 0 atom stereocenters. The van der Waals surface area contributed by atoms with Crippen LogP contribution in [0.4, 0.5) is 0 Å². The standard InChI is InChI=1S/C21H32ClN5O2.HI/c1-23-21(24-10-2-3-20(28)25-18-6-7-18)27-13-11-26(12-14-27)15-16-29-19-8-4-17(22)5-9-19;/h4-5,8-9,18H,2-3,6-7,10-16H2,1H3,(H,23,24)(H,25,28);1H. The van der Waals surface area contributed by atoms with Crippen LogP contribution in [0.3, 0.4) is 0 Å². The first-order chi connectivity index (χ1) is 14.1. The molecule has 1 amide bonds. The van der Waals surface area contributed by atoms with E-state index in [2.05, 4.69) is 25.4 Å². The molecule has 0 spiro atoms. The number of aliphatic imine (C=N–C) groups is 1. The average Bonchev–Trinajstić information content (AvgIpc) is 3.54. The summed E-state index contributed by atoms with van der Waals surface area (Å²) in [5.74, 6) is 1.94. The molecule has 0 radical (unpaired) electrons. The zero-order valence-corrected chi connectivity index (χ0v) is 20.7. The van der Waals surface area contributed by atoms with Crippen molar-refractivity contribution in [1.82, 2.24) is 20.4 Å². The Morgan fingerprint density at radius 1 is 1.20 bits per heavy atom. The minimum absolute atomic E-state index is 0. The van der Waals surface area contributed by atoms with Gasteiger partial charge in [0.25, 0.3) is 0 Å². The van der Waals surface area contributed by atoms with Crippen molar-refractivity contribution in [2.75, 3.05) is 52.9 Å². The summed E-state index contributed by atoms with van der Waals surface area (Å²) in [5.41, 5.74) is 0. The van der Waals surface area contributed by atoms with Crippen LogP contribution in [0.1, 0.15) is 25.7 Å². The minimum Gasteiger partial charge on any atom is -0.492 e. The number of carbonyl (C=O) groups excluding carboxylic acids is 1. The van der Waals surface area contributed by atoms with Gasteiger partial charge in [0, 0.05) is 63.8 Å². The largest absolute Gasteiger partial charge is 0.492 e. The van der Waals surface area contributed by atoms with E-state index in [-0.39, 0.29) is 29.9 Å². The summed E-state index contributed by atoms with van der Waals surface area (Å²) in [4.78, 5) is 20.8. The minimum atomic E-state index is 0. The molecule has 1 aliphatic heterocycles. The van der Waals surface area contributed by atoms with Crippen molar-refractivity contribution in [2.45, 2.75) is 31.7 Å². The van der Waals surface area contributed by atoms with E-state index in [4.69, 9.17) is 16.3 Å². The van der Waals surface area contributed by atoms with E-state index in [9.17, 15) is 4.79 Å². The molecule has 1 heterocycles. The van der Waals surface area contributed by atoms with Gasteiger partial charge in [-0.25, -0.2) is 0 Å². The topological polar surface area (TPSA) is 69.2 Å². The number of piperazine rings is 1. The second-order valence-electron chi connectivity index (χ2n) is 7.55. The number of halogens is 2. The summed E-state index contributed by atoms with van der Waals surface area (Å²) in [6.07, 6.45) is 3.66. The molecule has 168 valence electrons. The van der Waals surface area contributed by atoms with Crippen LogP contribution in [0, 0.1) is 0 Å². The van der Waals surface area contributed by atoms with E-state index in [0.29, 0.717) is 19.1 Å². The van der Waals surface area contributed by atoms with Crippen molar-refractivity contribution in [3.63, 3.8) is 0 Å². The third-order valence-corrected chi connectivity index (χ3v) is 5.43. The number of nitrogens with one attached hydrogen (secondary N) is 2. The lowest BCUT2D eigenvalue weighted by molar-refractivity contribution is -0.121. The maximum absolute atomic E-state index is 11.7. The van der Waals surface area contributed by atoms with Gasteiger partial charge >= 0.3 is 0 Å². The maximum Gasteiger partial charge on any atom is 0.220 e. The van der Waals surface area contributed by atoms with Gasteiger partial charge in [0.2, 0.25) is 5.91 Å². The summed E-state index contributed by atoms with van der Waals surface area (Å²) >= 11 is 5.89. The van der Waals surface area contributed by atoms with E-state index >= 15 is 0 Å². The lowest BCUT2D eigenvalue weighted by Gasteiger charge is -2.36. The van der Waals surface area contributed by atoms with Gasteiger partial charge < -0.3 is 20.3 Å². The number of benzene rings is 1. The number of guanidine groups is 1. The number of rotatable bonds is 9. The molecule has 0 bridgehead atoms. The molecule has 1 aromatic rings. The number of hydrogen-bond donors (Lipinski definition) is 2. The first kappa shape index (κ1) is 25.0. The molecular weight excluding hydrogens is 517 g/mol. The van der Waals surface area contributed by atoms with Crippen LogP contribution in [0.5, 0.6) is 5.75 Å². The van der Waals surface area contributed by atoms with Gasteiger partial charge in [0.1, 0.15) is 12.4 Å². The highest BCUT2D eigenvalue weighted by Crippen LogP contribution is 2.18. The Balaban J connectivity index is 0.00000320. The number of hydrogen-bond acceptors (Lipinski definition) is 4. The van der Waals surface area contributed by atoms with Crippen LogP contribution in [0.25, 0.3) is 0 Å². The fourth-order valence-corrected chi connectivity index (χ4v) is 3.44. The Bertz CT molecular complexity index is 676. The average molecular weight is 550 g/mol. The zero-order chi connectivity index (χ0) is 20.5. The quantitative estimate of drug-likeness (QED) is 0.215. The zero-order valence-electron chi connectivity index (χ0n) is 17.6. The van der Waals surface area contributed by atoms with Crippen LogP contribution < -0.4 is 15.4 Å². The Labute approximate surface area is 201 Å². The molecule has 9 heteroatoms. The van der Waals surface area contributed by atoms with Gasteiger partial charge in [-0.15, -0.1) is 24.0 Å². The van der Waals surface area contributed by atoms with Crippen molar-refractivity contribution in [3.05, 3.63) is 29.3 Å². The van der Waals surface area contributed by atoms with Gasteiger partial charge in [0.05, 0.1) is 0 Å². The predicted molar refractivity (Wildman–Crippen MR) is 132 cm³/mol. The summed E-state index contributed by atoms with van der Waals surface area (Å²) in [6.45, 7) is 6.16. The summed E-state index contributed by atoms with van der Waals surface area (Å²) in [5, 5.41) is 7.13. The molecule has 2 N–H and O–H groups in total. The predicted octanol–water partition coefficient (Wildman–Crippen LogP) is 2.59. The Morgan fingerprint density at radius 3 is 2.53 bits per heavy atom. The van der Waals surface area contributed by atoms with Gasteiger partial charge in [-0.05, 0) is 43.5 Å². The normalized spacial score (nSPS) is 17.3. The SMILES string of the molecule is CN=C(NCCCC(=O)NC1CC1)N1CCN(CCOc2ccc(Cl)cc2)CC1.I. The Morgan fingerprint density at radius 2 is 1.90 bits per heavy atom. The summed E-state index contributed by atoms with van der Waals surface area (Å²) < 4.78 is 5.79. The van der Waals surface area contributed by atoms with Gasteiger partial charge in [-0.1, -0.05) is 11.6 Å². The number of nitrogens with zero attached hydrogens (tertiary/aromatic N) is 3. The first-order valence-corrected chi connectivity index (χ1v) is 10.9. The molecule has 0 unspecified atom stereocenters. The van der Waals surface area contributed by atoms with Crippen LogP contribution in [0.15, 0.2) is 29.3 Å². The molecule has 1 aromatic carbocycles. The Kier molecular flexibility index (Phi) is 11.0. The summed E-state index contributed by atoms with van der Waals surface area (Å²) in [6, 6.07) is 7.91. The van der Waals surface area contributed by atoms with Crippen molar-refractivity contribution in [2.24, 2.45) is 4.99 Å². The number of carbonyl (C=O) groups is 1. The molecule has 1 saturated heterocycles. The molecule has 2 aliphatic rings. The van der Waals surface area contributed by atoms with Crippen molar-refractivity contribution >= 4 is 47.4 Å². The van der Waals surface area contributed by atoms with Crippen LogP contribution in [-0.2, 0) is 4.79 Å². The lowest BCUT2D eigenvalue weighted by atomic mass is 10.3. The third-order valence-electron chi connectivity index (χ3n) is 5.18. The fraction of sp³-hybridized carbons (Fsp3) is 0.619. The number of ether oxygens (including phenoxy) is 1. The third kappa shape index (κ3) is 8.85. The monoisotopic (exact) mass is 549 g/mol. The molecule has 2 fully saturated rings. The smallest absolute Gasteiger partial charge is 0.220 e. The fourth-order valence-electron chi connectivity index (χ4n) is 3.32. The summed E-state index contributed by atoms with van der Waals surface area (Å²) in [7, 11) is 1.81. The van der Waals surface area contributed by atoms with E-state index in [0.717, 1.165) is 75.3 Å². The van der Waals surface area contributed by atoms with Crippen LogP contribution >= 0.6 is 35.6 Å². The molecular formula is C21H33ClIN5O2.